The molecular formula is C46H26N2O7. The maximum Gasteiger partial charge on any atom is 0.244 e. The summed E-state index contributed by atoms with van der Waals surface area (Å²) in [5.41, 5.74) is -3.39. The maximum absolute atomic E-state index is 16.1. The van der Waals surface area contributed by atoms with Crippen LogP contribution in [-0.4, -0.2) is 44.6 Å². The van der Waals surface area contributed by atoms with Gasteiger partial charge in [0.05, 0.1) is 28.1 Å². The lowest BCUT2D eigenvalue weighted by molar-refractivity contribution is -0.155. The summed E-state index contributed by atoms with van der Waals surface area (Å²) in [6.07, 6.45) is 0. The Hall–Kier alpha value is -6.87. The SMILES string of the molecule is CC(=O)n1nc([C@@H]2[C@H]3C(=O)c4ccccc4[C@]34OC3=C(C(=O)c5ccccc53)[C@@]3(c5ccccc5C(=O)[C@@H]23)C42C(=O)c3ccccc3C2=O)c2ccccc21. The summed E-state index contributed by atoms with van der Waals surface area (Å²) in [4.78, 5) is 92.1. The van der Waals surface area contributed by atoms with Crippen LogP contribution < -0.4 is 0 Å². The summed E-state index contributed by atoms with van der Waals surface area (Å²) in [5, 5.41) is 5.45. The number of hydrogen-bond donors (Lipinski definition) is 0. The summed E-state index contributed by atoms with van der Waals surface area (Å²) in [6, 6.07) is 34.3. The molecule has 55 heavy (non-hydrogen) atoms. The number of Topliss-reactive ketones (excluding diaryl/α,β-unsaturated/α-hetero) is 5. The summed E-state index contributed by atoms with van der Waals surface area (Å²) in [7, 11) is 0. The molecule has 0 unspecified atom stereocenters. The van der Waals surface area contributed by atoms with Crippen molar-refractivity contribution in [3.8, 4) is 0 Å². The minimum Gasteiger partial charge on any atom is -0.479 e. The van der Waals surface area contributed by atoms with Crippen molar-refractivity contribution in [2.75, 3.05) is 0 Å². The molecule has 6 aromatic rings. The van der Waals surface area contributed by atoms with E-state index in [2.05, 4.69) is 0 Å². The largest absolute Gasteiger partial charge is 0.479 e. The zero-order valence-electron chi connectivity index (χ0n) is 29.0. The van der Waals surface area contributed by atoms with Gasteiger partial charge in [-0.3, -0.25) is 28.8 Å². The fourth-order valence-electron chi connectivity index (χ4n) is 11.8. The first-order valence-corrected chi connectivity index (χ1v) is 18.3. The Balaban J connectivity index is 1.36. The number of para-hydroxylation sites is 1. The molecule has 12 rings (SSSR count). The molecular weight excluding hydrogens is 693 g/mol. The number of nitrogens with zero attached hydrogens (tertiary/aromatic N) is 2. The molecule has 2 bridgehead atoms. The van der Waals surface area contributed by atoms with Crippen LogP contribution in [-0.2, 0) is 15.8 Å². The van der Waals surface area contributed by atoms with Gasteiger partial charge >= 0.3 is 0 Å². The molecule has 6 aliphatic rings. The summed E-state index contributed by atoms with van der Waals surface area (Å²) in [6.45, 7) is 1.38. The topological polar surface area (TPSA) is 129 Å². The van der Waals surface area contributed by atoms with Gasteiger partial charge in [-0.05, 0) is 11.6 Å². The van der Waals surface area contributed by atoms with Crippen LogP contribution in [0, 0.1) is 17.3 Å². The van der Waals surface area contributed by atoms with E-state index in [0.717, 1.165) is 0 Å². The molecule has 0 radical (unpaired) electrons. The molecule has 2 heterocycles. The highest BCUT2D eigenvalue weighted by Gasteiger charge is 2.91. The lowest BCUT2D eigenvalue weighted by Crippen LogP contribution is -2.76. The van der Waals surface area contributed by atoms with Crippen molar-refractivity contribution in [1.29, 1.82) is 0 Å². The van der Waals surface area contributed by atoms with Crippen molar-refractivity contribution in [2.45, 2.75) is 23.9 Å². The zero-order chi connectivity index (χ0) is 37.3. The third-order valence-corrected chi connectivity index (χ3v) is 13.4. The van der Waals surface area contributed by atoms with E-state index >= 15 is 24.0 Å². The average Bonchev–Trinajstić information content (AvgIpc) is 3.93. The highest BCUT2D eigenvalue weighted by molar-refractivity contribution is 6.36. The Kier molecular flexibility index (Phi) is 5.35. The summed E-state index contributed by atoms with van der Waals surface area (Å²) >= 11 is 0. The van der Waals surface area contributed by atoms with Gasteiger partial charge in [0.2, 0.25) is 5.91 Å². The van der Waals surface area contributed by atoms with Crippen molar-refractivity contribution in [1.82, 2.24) is 9.78 Å². The van der Waals surface area contributed by atoms with Crippen LogP contribution in [0.1, 0.15) is 91.8 Å². The Morgan fingerprint density at radius 2 is 1.15 bits per heavy atom. The molecule has 9 heteroatoms. The number of aromatic nitrogens is 2. The van der Waals surface area contributed by atoms with Gasteiger partial charge in [-0.1, -0.05) is 115 Å². The Morgan fingerprint density at radius 1 is 0.618 bits per heavy atom. The lowest BCUT2D eigenvalue weighted by atomic mass is 9.35. The molecule has 0 saturated heterocycles. The minimum atomic E-state index is -2.34. The molecule has 5 aliphatic carbocycles. The van der Waals surface area contributed by atoms with E-state index in [9.17, 15) is 4.79 Å². The van der Waals surface area contributed by atoms with Gasteiger partial charge in [-0.15, -0.1) is 0 Å². The van der Waals surface area contributed by atoms with Crippen molar-refractivity contribution in [2.24, 2.45) is 17.3 Å². The first kappa shape index (κ1) is 30.6. The van der Waals surface area contributed by atoms with Crippen LogP contribution in [0.2, 0.25) is 0 Å². The first-order valence-electron chi connectivity index (χ1n) is 18.3. The van der Waals surface area contributed by atoms with E-state index in [1.54, 1.807) is 121 Å². The third kappa shape index (κ3) is 2.93. The lowest BCUT2D eigenvalue weighted by Gasteiger charge is -2.65. The van der Waals surface area contributed by atoms with Gasteiger partial charge in [-0.2, -0.15) is 5.10 Å². The van der Waals surface area contributed by atoms with Gasteiger partial charge in [0, 0.05) is 63.1 Å². The molecule has 1 aliphatic heterocycles. The highest BCUT2D eigenvalue weighted by atomic mass is 16.5. The van der Waals surface area contributed by atoms with E-state index < -0.39 is 63.1 Å². The Labute approximate surface area is 312 Å². The smallest absolute Gasteiger partial charge is 0.244 e. The van der Waals surface area contributed by atoms with Gasteiger partial charge in [-0.25, -0.2) is 4.68 Å². The fourth-order valence-corrected chi connectivity index (χ4v) is 11.8. The van der Waals surface area contributed by atoms with Crippen molar-refractivity contribution < 1.29 is 33.5 Å². The summed E-state index contributed by atoms with van der Waals surface area (Å²) < 4.78 is 8.71. The molecule has 1 fully saturated rings. The molecule has 1 saturated carbocycles. The molecule has 9 nitrogen and oxygen atoms in total. The van der Waals surface area contributed by atoms with E-state index in [-0.39, 0.29) is 45.2 Å². The third-order valence-electron chi connectivity index (χ3n) is 13.4. The Morgan fingerprint density at radius 3 is 1.82 bits per heavy atom. The monoisotopic (exact) mass is 718 g/mol. The van der Waals surface area contributed by atoms with Gasteiger partial charge in [0.15, 0.2) is 39.9 Å². The van der Waals surface area contributed by atoms with Gasteiger partial charge in [0.1, 0.15) is 5.76 Å². The number of fused-ring (bicyclic) bond motifs is 6. The standard InChI is InChI=1S/C46H26N2O7/c1-22(49)48-32-21-11-8-18-29(32)37(47-48)33-34-39(51)27-16-6-9-19-30(27)44(34)36-38(50)23-12-2-3-13-24(23)41(36)55-46(31-20-10-7-17-28(31)40(52)35(33)46)45(44)42(53)25-14-4-5-15-26(25)43(45)54/h2-21,33-35H,1H3/t33-,34+,35-,44-,46-/m0/s1. The van der Waals surface area contributed by atoms with Crippen LogP contribution in [0.3, 0.4) is 0 Å². The fraction of sp³-hybridized carbons (Fsp3) is 0.152. The van der Waals surface area contributed by atoms with Gasteiger partial charge < -0.3 is 4.74 Å². The van der Waals surface area contributed by atoms with Gasteiger partial charge in [0.25, 0.3) is 0 Å². The second-order valence-corrected chi connectivity index (χ2v) is 15.3. The number of benzene rings is 5. The number of ketones is 5. The number of carbonyl (C=O) groups excluding carboxylic acids is 6. The van der Waals surface area contributed by atoms with Crippen molar-refractivity contribution in [3.63, 3.8) is 0 Å². The molecule has 262 valence electrons. The van der Waals surface area contributed by atoms with Crippen LogP contribution in [0.15, 0.2) is 127 Å². The predicted octanol–water partition coefficient (Wildman–Crippen LogP) is 6.96. The first-order chi connectivity index (χ1) is 26.7. The normalized spacial score (nSPS) is 27.1. The molecule has 0 N–H and O–H groups in total. The van der Waals surface area contributed by atoms with Crippen molar-refractivity contribution in [3.05, 3.63) is 177 Å². The predicted molar refractivity (Wildman–Crippen MR) is 197 cm³/mol. The minimum absolute atomic E-state index is 0.0488. The maximum atomic E-state index is 16.1. The molecule has 5 aromatic carbocycles. The molecule has 3 spiro atoms. The van der Waals surface area contributed by atoms with Crippen LogP contribution >= 0.6 is 0 Å². The number of ether oxygens (including phenoxy) is 1. The van der Waals surface area contributed by atoms with Crippen LogP contribution in [0.25, 0.3) is 16.7 Å². The van der Waals surface area contributed by atoms with Crippen LogP contribution in [0.4, 0.5) is 0 Å². The van der Waals surface area contributed by atoms with Crippen LogP contribution in [0.5, 0.6) is 0 Å². The van der Waals surface area contributed by atoms with E-state index in [1.807, 2.05) is 0 Å². The van der Waals surface area contributed by atoms with E-state index in [4.69, 9.17) is 9.84 Å². The van der Waals surface area contributed by atoms with E-state index in [1.165, 1.54) is 11.6 Å². The summed E-state index contributed by atoms with van der Waals surface area (Å²) in [5.74, 6) is -6.68. The molecule has 1 aromatic heterocycles. The molecule has 5 atom stereocenters. The number of carbonyl (C=O) groups is 6. The number of hydrogen-bond acceptors (Lipinski definition) is 8. The number of allylic oxidation sites excluding steroid dienone is 1. The zero-order valence-corrected chi connectivity index (χ0v) is 29.0. The average molecular weight is 719 g/mol. The number of rotatable bonds is 1. The van der Waals surface area contributed by atoms with Crippen molar-refractivity contribution >= 4 is 51.5 Å². The highest BCUT2D eigenvalue weighted by Crippen LogP contribution is 2.82. The molecule has 0 amide bonds. The van der Waals surface area contributed by atoms with E-state index in [0.29, 0.717) is 33.2 Å². The second kappa shape index (κ2) is 9.62. The Bertz CT molecular complexity index is 2950. The second-order valence-electron chi connectivity index (χ2n) is 15.3. The quantitative estimate of drug-likeness (QED) is 0.167.